The highest BCUT2D eigenvalue weighted by molar-refractivity contribution is 5.76. The molecule has 23 heavy (non-hydrogen) atoms. The lowest BCUT2D eigenvalue weighted by Gasteiger charge is -2.26. The summed E-state index contributed by atoms with van der Waals surface area (Å²) < 4.78 is 10.5. The Hall–Kier alpha value is -2.11. The summed E-state index contributed by atoms with van der Waals surface area (Å²) in [5.74, 6) is 1.70. The lowest BCUT2D eigenvalue weighted by atomic mass is 9.91. The van der Waals surface area contributed by atoms with Crippen LogP contribution in [0.1, 0.15) is 46.4 Å². The van der Waals surface area contributed by atoms with Crippen molar-refractivity contribution in [2.45, 2.75) is 47.0 Å². The third-order valence-electron chi connectivity index (χ3n) is 3.33. The van der Waals surface area contributed by atoms with E-state index in [-0.39, 0.29) is 11.3 Å². The van der Waals surface area contributed by atoms with Crippen LogP contribution in [0.3, 0.4) is 0 Å². The molecule has 0 bridgehead atoms. The minimum absolute atomic E-state index is 0.0139. The smallest absolute Gasteiger partial charge is 0.238 e. The molecule has 2 heterocycles. The average molecular weight is 319 g/mol. The molecule has 0 N–H and O–H groups in total. The van der Waals surface area contributed by atoms with Gasteiger partial charge in [0, 0.05) is 25.9 Å². The molecular weight excluding hydrogens is 294 g/mol. The SMILES string of the molecule is CCCN(CCc1nc(-c2ccco2)no1)C(=O)CC(C)(C)C. The summed E-state index contributed by atoms with van der Waals surface area (Å²) in [4.78, 5) is 18.6. The number of hydrogen-bond acceptors (Lipinski definition) is 5. The van der Waals surface area contributed by atoms with Crippen LogP contribution in [-0.4, -0.2) is 34.0 Å². The number of hydrogen-bond donors (Lipinski definition) is 0. The van der Waals surface area contributed by atoms with Gasteiger partial charge in [0.15, 0.2) is 5.76 Å². The molecule has 0 aromatic carbocycles. The van der Waals surface area contributed by atoms with Crippen LogP contribution in [0.25, 0.3) is 11.6 Å². The maximum atomic E-state index is 12.4. The van der Waals surface area contributed by atoms with E-state index in [1.54, 1.807) is 18.4 Å². The van der Waals surface area contributed by atoms with Gasteiger partial charge in [0.2, 0.25) is 17.6 Å². The number of carbonyl (C=O) groups is 1. The van der Waals surface area contributed by atoms with E-state index < -0.39 is 0 Å². The largest absolute Gasteiger partial charge is 0.461 e. The topological polar surface area (TPSA) is 72.4 Å². The summed E-state index contributed by atoms with van der Waals surface area (Å²) in [6.07, 6.45) is 3.58. The molecule has 0 aliphatic rings. The van der Waals surface area contributed by atoms with E-state index in [0.717, 1.165) is 13.0 Å². The van der Waals surface area contributed by atoms with Crippen LogP contribution in [0.4, 0.5) is 0 Å². The van der Waals surface area contributed by atoms with Crippen molar-refractivity contribution >= 4 is 5.91 Å². The molecule has 6 heteroatoms. The fourth-order valence-electron chi connectivity index (χ4n) is 2.29. The summed E-state index contributed by atoms with van der Waals surface area (Å²) in [7, 11) is 0. The van der Waals surface area contributed by atoms with Gasteiger partial charge in [0.1, 0.15) is 0 Å². The predicted octanol–water partition coefficient (Wildman–Crippen LogP) is 3.55. The van der Waals surface area contributed by atoms with Crippen molar-refractivity contribution in [1.29, 1.82) is 0 Å². The summed E-state index contributed by atoms with van der Waals surface area (Å²) >= 11 is 0. The van der Waals surface area contributed by atoms with Crippen LogP contribution in [-0.2, 0) is 11.2 Å². The van der Waals surface area contributed by atoms with E-state index in [2.05, 4.69) is 37.8 Å². The molecular formula is C17H25N3O3. The van der Waals surface area contributed by atoms with E-state index in [0.29, 0.717) is 36.9 Å². The van der Waals surface area contributed by atoms with Gasteiger partial charge >= 0.3 is 0 Å². The van der Waals surface area contributed by atoms with E-state index in [1.807, 2.05) is 4.90 Å². The molecule has 0 fully saturated rings. The van der Waals surface area contributed by atoms with E-state index in [4.69, 9.17) is 8.94 Å². The standard InChI is InChI=1S/C17H25N3O3/c1-5-9-20(15(21)12-17(2,3)4)10-8-14-18-16(19-23-14)13-7-6-11-22-13/h6-7,11H,5,8-10,12H2,1-4H3. The highest BCUT2D eigenvalue weighted by Gasteiger charge is 2.21. The van der Waals surface area contributed by atoms with Gasteiger partial charge in [-0.25, -0.2) is 0 Å². The minimum atomic E-state index is -0.0139. The van der Waals surface area contributed by atoms with Gasteiger partial charge in [-0.1, -0.05) is 32.9 Å². The second-order valence-corrected chi connectivity index (χ2v) is 6.86. The van der Waals surface area contributed by atoms with Gasteiger partial charge in [-0.05, 0) is 24.0 Å². The van der Waals surface area contributed by atoms with Gasteiger partial charge in [0.05, 0.1) is 6.26 Å². The monoisotopic (exact) mass is 319 g/mol. The summed E-state index contributed by atoms with van der Waals surface area (Å²) in [5, 5.41) is 3.90. The molecule has 0 unspecified atom stereocenters. The normalized spacial score (nSPS) is 11.7. The van der Waals surface area contributed by atoms with Gasteiger partial charge in [0.25, 0.3) is 0 Å². The third kappa shape index (κ3) is 5.23. The zero-order chi connectivity index (χ0) is 16.9. The van der Waals surface area contributed by atoms with Gasteiger partial charge in [-0.2, -0.15) is 4.98 Å². The van der Waals surface area contributed by atoms with Crippen LogP contribution in [0, 0.1) is 5.41 Å². The fraction of sp³-hybridized carbons (Fsp3) is 0.588. The maximum absolute atomic E-state index is 12.4. The van der Waals surface area contributed by atoms with Gasteiger partial charge < -0.3 is 13.8 Å². The lowest BCUT2D eigenvalue weighted by molar-refractivity contribution is -0.133. The number of rotatable bonds is 7. The molecule has 0 aliphatic heterocycles. The molecule has 0 radical (unpaired) electrons. The Kier molecular flexibility index (Phi) is 5.58. The lowest BCUT2D eigenvalue weighted by Crippen LogP contribution is -2.35. The molecule has 0 saturated heterocycles. The minimum Gasteiger partial charge on any atom is -0.461 e. The number of aromatic nitrogens is 2. The number of amides is 1. The van der Waals surface area contributed by atoms with Crippen LogP contribution in [0.15, 0.2) is 27.3 Å². The number of furan rings is 1. The molecule has 2 aromatic rings. The van der Waals surface area contributed by atoms with Crippen molar-refractivity contribution in [1.82, 2.24) is 15.0 Å². The molecule has 126 valence electrons. The molecule has 0 aliphatic carbocycles. The van der Waals surface area contributed by atoms with E-state index >= 15 is 0 Å². The Morgan fingerprint density at radius 2 is 2.09 bits per heavy atom. The van der Waals surface area contributed by atoms with E-state index in [1.165, 1.54) is 0 Å². The van der Waals surface area contributed by atoms with Crippen molar-refractivity contribution in [2.75, 3.05) is 13.1 Å². The molecule has 0 atom stereocenters. The van der Waals surface area contributed by atoms with Crippen molar-refractivity contribution in [3.8, 4) is 11.6 Å². The first-order valence-electron chi connectivity index (χ1n) is 8.03. The Labute approximate surface area is 136 Å². The molecule has 6 nitrogen and oxygen atoms in total. The van der Waals surface area contributed by atoms with Crippen LogP contribution in [0.2, 0.25) is 0 Å². The van der Waals surface area contributed by atoms with Crippen molar-refractivity contribution in [3.63, 3.8) is 0 Å². The second-order valence-electron chi connectivity index (χ2n) is 6.86. The third-order valence-corrected chi connectivity index (χ3v) is 3.33. The number of carbonyl (C=O) groups excluding carboxylic acids is 1. The molecule has 2 rings (SSSR count). The highest BCUT2D eigenvalue weighted by Crippen LogP contribution is 2.20. The predicted molar refractivity (Wildman–Crippen MR) is 86.6 cm³/mol. The Morgan fingerprint density at radius 1 is 1.30 bits per heavy atom. The summed E-state index contributed by atoms with van der Waals surface area (Å²) in [5.41, 5.74) is -0.0139. The van der Waals surface area contributed by atoms with Gasteiger partial charge in [-0.15, -0.1) is 0 Å². The summed E-state index contributed by atoms with van der Waals surface area (Å²) in [6, 6.07) is 3.56. The molecule has 0 saturated carbocycles. The highest BCUT2D eigenvalue weighted by atomic mass is 16.5. The van der Waals surface area contributed by atoms with Crippen LogP contribution < -0.4 is 0 Å². The van der Waals surface area contributed by atoms with Crippen LogP contribution >= 0.6 is 0 Å². The Morgan fingerprint density at radius 3 is 2.70 bits per heavy atom. The average Bonchev–Trinajstić information content (AvgIpc) is 3.11. The van der Waals surface area contributed by atoms with Crippen molar-refractivity contribution < 1.29 is 13.7 Å². The van der Waals surface area contributed by atoms with Crippen molar-refractivity contribution in [3.05, 3.63) is 24.3 Å². The molecule has 1 amide bonds. The maximum Gasteiger partial charge on any atom is 0.238 e. The second kappa shape index (κ2) is 7.44. The first-order valence-corrected chi connectivity index (χ1v) is 8.03. The zero-order valence-electron chi connectivity index (χ0n) is 14.3. The Bertz CT molecular complexity index is 611. The van der Waals surface area contributed by atoms with E-state index in [9.17, 15) is 4.79 Å². The first-order chi connectivity index (χ1) is 10.9. The zero-order valence-corrected chi connectivity index (χ0v) is 14.3. The fourth-order valence-corrected chi connectivity index (χ4v) is 2.29. The van der Waals surface area contributed by atoms with Gasteiger partial charge in [-0.3, -0.25) is 4.79 Å². The quantitative estimate of drug-likeness (QED) is 0.780. The van der Waals surface area contributed by atoms with Crippen LogP contribution in [0.5, 0.6) is 0 Å². The molecule has 0 spiro atoms. The first kappa shape index (κ1) is 17.2. The molecule has 2 aromatic heterocycles. The summed E-state index contributed by atoms with van der Waals surface area (Å²) in [6.45, 7) is 9.61. The number of nitrogens with zero attached hydrogens (tertiary/aromatic N) is 3. The van der Waals surface area contributed by atoms with Crippen molar-refractivity contribution in [2.24, 2.45) is 5.41 Å². The Balaban J connectivity index is 1.95.